The second-order valence-electron chi connectivity index (χ2n) is 6.09. The van der Waals surface area contributed by atoms with Crippen molar-refractivity contribution in [3.05, 3.63) is 46.2 Å². The Morgan fingerprint density at radius 3 is 2.84 bits per heavy atom. The average Bonchev–Trinajstić information content (AvgIpc) is 2.89. The molecule has 132 valence electrons. The van der Waals surface area contributed by atoms with Gasteiger partial charge in [0.2, 0.25) is 5.91 Å². The van der Waals surface area contributed by atoms with Gasteiger partial charge in [-0.2, -0.15) is 5.10 Å². The van der Waals surface area contributed by atoms with Gasteiger partial charge < -0.3 is 4.74 Å². The predicted octanol–water partition coefficient (Wildman–Crippen LogP) is 1.55. The van der Waals surface area contributed by atoms with Gasteiger partial charge in [-0.15, -0.1) is 0 Å². The number of hydrazine groups is 1. The molecule has 1 aliphatic heterocycles. The summed E-state index contributed by atoms with van der Waals surface area (Å²) in [6.45, 7) is 4.03. The molecule has 8 heteroatoms. The van der Waals surface area contributed by atoms with Gasteiger partial charge in [0, 0.05) is 10.7 Å². The highest BCUT2D eigenvalue weighted by Crippen LogP contribution is 2.29. The average molecular weight is 363 g/mol. The molecule has 1 aromatic carbocycles. The molecule has 1 aromatic heterocycles. The van der Waals surface area contributed by atoms with Crippen molar-refractivity contribution < 1.29 is 14.3 Å². The van der Waals surface area contributed by atoms with Gasteiger partial charge in [0.1, 0.15) is 18.9 Å². The summed E-state index contributed by atoms with van der Waals surface area (Å²) < 4.78 is 7.17. The van der Waals surface area contributed by atoms with Gasteiger partial charge in [0.15, 0.2) is 0 Å². The number of benzene rings is 1. The Hall–Kier alpha value is -2.54. The number of ether oxygens (including phenoxy) is 1. The van der Waals surface area contributed by atoms with Crippen LogP contribution in [0.3, 0.4) is 0 Å². The summed E-state index contributed by atoms with van der Waals surface area (Å²) in [5.74, 6) is -0.297. The predicted molar refractivity (Wildman–Crippen MR) is 92.1 cm³/mol. The maximum Gasteiger partial charge on any atom is 0.260 e. The third-order valence-corrected chi connectivity index (χ3v) is 4.26. The van der Waals surface area contributed by atoms with Crippen LogP contribution in [0, 0.1) is 19.8 Å². The monoisotopic (exact) mass is 362 g/mol. The molecular formula is C17H19ClN4O3. The molecule has 0 unspecified atom stereocenters. The molecule has 1 atom stereocenters. The number of nitrogens with one attached hydrogen (secondary N) is 2. The van der Waals surface area contributed by atoms with Crippen LogP contribution >= 0.6 is 11.6 Å². The van der Waals surface area contributed by atoms with E-state index in [0.29, 0.717) is 11.4 Å². The second-order valence-corrected chi connectivity index (χ2v) is 6.52. The number of hydrogen-bond acceptors (Lipinski definition) is 4. The van der Waals surface area contributed by atoms with E-state index < -0.39 is 0 Å². The fraction of sp³-hybridized carbons (Fsp3) is 0.353. The molecule has 0 fully saturated rings. The summed E-state index contributed by atoms with van der Waals surface area (Å²) in [5, 5.41) is 4.81. The SMILES string of the molecule is Cc1cc(C)n(CC(=O)NNC(=O)[C@@H]2COc3ccc(Cl)cc3C2)n1. The Morgan fingerprint density at radius 1 is 1.32 bits per heavy atom. The van der Waals surface area contributed by atoms with E-state index in [1.165, 1.54) is 0 Å². The second kappa shape index (κ2) is 7.14. The van der Waals surface area contributed by atoms with Crippen LogP contribution in [0.2, 0.25) is 5.02 Å². The molecule has 25 heavy (non-hydrogen) atoms. The number of aryl methyl sites for hydroxylation is 2. The standard InChI is InChI=1S/C17H19ClN4O3/c1-10-5-11(2)22(21-10)8-16(23)19-20-17(24)13-6-12-7-14(18)3-4-15(12)25-9-13/h3-5,7,13H,6,8-9H2,1-2H3,(H,19,23)(H,20,24)/t13-/m0/s1. The largest absolute Gasteiger partial charge is 0.492 e. The molecule has 0 saturated carbocycles. The van der Waals surface area contributed by atoms with E-state index in [2.05, 4.69) is 16.0 Å². The summed E-state index contributed by atoms with van der Waals surface area (Å²) in [6.07, 6.45) is 0.509. The zero-order valence-corrected chi connectivity index (χ0v) is 14.8. The van der Waals surface area contributed by atoms with Gasteiger partial charge in [-0.25, -0.2) is 0 Å². The van der Waals surface area contributed by atoms with Crippen molar-refractivity contribution in [3.8, 4) is 5.75 Å². The Labute approximate surface area is 150 Å². The zero-order valence-electron chi connectivity index (χ0n) is 14.0. The molecule has 0 bridgehead atoms. The summed E-state index contributed by atoms with van der Waals surface area (Å²) >= 11 is 5.98. The molecule has 7 nitrogen and oxygen atoms in total. The number of carbonyl (C=O) groups is 2. The summed E-state index contributed by atoms with van der Waals surface area (Å²) in [4.78, 5) is 24.2. The number of nitrogens with zero attached hydrogens (tertiary/aromatic N) is 2. The minimum absolute atomic E-state index is 0.0412. The highest BCUT2D eigenvalue weighted by molar-refractivity contribution is 6.30. The van der Waals surface area contributed by atoms with Gasteiger partial charge in [0.05, 0.1) is 11.6 Å². The van der Waals surface area contributed by atoms with E-state index in [1.807, 2.05) is 19.9 Å². The van der Waals surface area contributed by atoms with E-state index in [1.54, 1.807) is 22.9 Å². The van der Waals surface area contributed by atoms with Crippen LogP contribution in [0.5, 0.6) is 5.75 Å². The van der Waals surface area contributed by atoms with Crippen molar-refractivity contribution in [2.45, 2.75) is 26.8 Å². The van der Waals surface area contributed by atoms with Crippen LogP contribution in [0.4, 0.5) is 0 Å². The van der Waals surface area contributed by atoms with Gasteiger partial charge >= 0.3 is 0 Å². The Kier molecular flexibility index (Phi) is 4.94. The van der Waals surface area contributed by atoms with Gasteiger partial charge in [0.25, 0.3) is 5.91 Å². The van der Waals surface area contributed by atoms with Crippen molar-refractivity contribution in [1.82, 2.24) is 20.6 Å². The van der Waals surface area contributed by atoms with Crippen molar-refractivity contribution >= 4 is 23.4 Å². The number of rotatable bonds is 3. The fourth-order valence-corrected chi connectivity index (χ4v) is 2.97. The fourth-order valence-electron chi connectivity index (χ4n) is 2.78. The van der Waals surface area contributed by atoms with Crippen LogP contribution in [-0.4, -0.2) is 28.2 Å². The molecule has 0 saturated heterocycles. The lowest BCUT2D eigenvalue weighted by Crippen LogP contribution is -2.48. The lowest BCUT2D eigenvalue weighted by Gasteiger charge is -2.24. The lowest BCUT2D eigenvalue weighted by atomic mass is 9.96. The zero-order chi connectivity index (χ0) is 18.0. The number of fused-ring (bicyclic) bond motifs is 1. The topological polar surface area (TPSA) is 85.2 Å². The summed E-state index contributed by atoms with van der Waals surface area (Å²) in [6, 6.07) is 7.22. The van der Waals surface area contributed by atoms with Gasteiger partial charge in [-0.05, 0) is 50.1 Å². The molecule has 0 radical (unpaired) electrons. The van der Waals surface area contributed by atoms with Crippen LogP contribution < -0.4 is 15.6 Å². The maximum absolute atomic E-state index is 12.3. The molecule has 2 amide bonds. The quantitative estimate of drug-likeness (QED) is 0.811. The van der Waals surface area contributed by atoms with Crippen molar-refractivity contribution in [2.75, 3.05) is 6.61 Å². The number of carbonyl (C=O) groups excluding carboxylic acids is 2. The molecule has 2 aromatic rings. The molecule has 3 rings (SSSR count). The molecule has 2 heterocycles. The number of amides is 2. The smallest absolute Gasteiger partial charge is 0.260 e. The minimum Gasteiger partial charge on any atom is -0.492 e. The van der Waals surface area contributed by atoms with E-state index in [4.69, 9.17) is 16.3 Å². The van der Waals surface area contributed by atoms with E-state index in [9.17, 15) is 9.59 Å². The Morgan fingerprint density at radius 2 is 2.12 bits per heavy atom. The summed E-state index contributed by atoms with van der Waals surface area (Å²) in [5.41, 5.74) is 7.47. The van der Waals surface area contributed by atoms with Crippen molar-refractivity contribution in [1.29, 1.82) is 0 Å². The van der Waals surface area contributed by atoms with E-state index in [-0.39, 0.29) is 30.9 Å². The van der Waals surface area contributed by atoms with E-state index in [0.717, 1.165) is 22.7 Å². The van der Waals surface area contributed by atoms with Crippen molar-refractivity contribution in [2.24, 2.45) is 5.92 Å². The first-order valence-corrected chi connectivity index (χ1v) is 8.31. The minimum atomic E-state index is -0.389. The molecule has 1 aliphatic rings. The highest BCUT2D eigenvalue weighted by atomic mass is 35.5. The van der Waals surface area contributed by atoms with Crippen LogP contribution in [-0.2, 0) is 22.6 Å². The first-order chi connectivity index (χ1) is 11.9. The number of hydrogen-bond donors (Lipinski definition) is 2. The molecule has 2 N–H and O–H groups in total. The number of aromatic nitrogens is 2. The highest BCUT2D eigenvalue weighted by Gasteiger charge is 2.26. The van der Waals surface area contributed by atoms with Crippen molar-refractivity contribution in [3.63, 3.8) is 0 Å². The Balaban J connectivity index is 1.53. The first kappa shape index (κ1) is 17.3. The first-order valence-electron chi connectivity index (χ1n) is 7.93. The third-order valence-electron chi connectivity index (χ3n) is 4.02. The molecule has 0 spiro atoms. The van der Waals surface area contributed by atoms with Crippen LogP contribution in [0.25, 0.3) is 0 Å². The van der Waals surface area contributed by atoms with Gasteiger partial charge in [-0.3, -0.25) is 25.1 Å². The van der Waals surface area contributed by atoms with Crippen LogP contribution in [0.15, 0.2) is 24.3 Å². The normalized spacial score (nSPS) is 15.9. The maximum atomic E-state index is 12.3. The third kappa shape index (κ3) is 4.11. The molecular weight excluding hydrogens is 344 g/mol. The Bertz CT molecular complexity index is 818. The van der Waals surface area contributed by atoms with Crippen LogP contribution in [0.1, 0.15) is 17.0 Å². The lowest BCUT2D eigenvalue weighted by molar-refractivity contribution is -0.132. The van der Waals surface area contributed by atoms with E-state index >= 15 is 0 Å². The molecule has 0 aliphatic carbocycles. The number of halogens is 1. The summed E-state index contributed by atoms with van der Waals surface area (Å²) in [7, 11) is 0. The van der Waals surface area contributed by atoms with Gasteiger partial charge in [-0.1, -0.05) is 11.6 Å².